The van der Waals surface area contributed by atoms with Crippen molar-refractivity contribution in [3.8, 4) is 0 Å². The summed E-state index contributed by atoms with van der Waals surface area (Å²) in [6, 6.07) is 0.610. The van der Waals surface area contributed by atoms with Crippen LogP contribution in [0.1, 0.15) is 41.0 Å². The normalized spacial score (nSPS) is 12.0. The molecule has 0 aliphatic rings. The van der Waals surface area contributed by atoms with Crippen molar-refractivity contribution in [2.75, 3.05) is 26.2 Å². The van der Waals surface area contributed by atoms with Gasteiger partial charge in [0, 0.05) is 19.1 Å². The van der Waals surface area contributed by atoms with Crippen molar-refractivity contribution in [2.45, 2.75) is 47.1 Å². The van der Waals surface area contributed by atoms with Crippen LogP contribution in [-0.2, 0) is 0 Å². The van der Waals surface area contributed by atoms with Crippen LogP contribution in [0.25, 0.3) is 0 Å². The van der Waals surface area contributed by atoms with Crippen LogP contribution in [-0.4, -0.2) is 37.1 Å². The molecule has 86 valence electrons. The summed E-state index contributed by atoms with van der Waals surface area (Å²) in [6.07, 6.45) is 1.31. The maximum absolute atomic E-state index is 3.46. The van der Waals surface area contributed by atoms with Gasteiger partial charge in [-0.2, -0.15) is 0 Å². The van der Waals surface area contributed by atoms with E-state index >= 15 is 0 Å². The van der Waals surface area contributed by atoms with E-state index in [1.165, 1.54) is 26.1 Å². The van der Waals surface area contributed by atoms with Gasteiger partial charge in [0.15, 0.2) is 0 Å². The average molecular weight is 200 g/mol. The largest absolute Gasteiger partial charge is 0.313 e. The molecule has 0 bridgehead atoms. The Bertz CT molecular complexity index is 121. The van der Waals surface area contributed by atoms with Gasteiger partial charge >= 0.3 is 0 Å². The van der Waals surface area contributed by atoms with E-state index in [9.17, 15) is 0 Å². The van der Waals surface area contributed by atoms with Gasteiger partial charge in [0.1, 0.15) is 0 Å². The lowest BCUT2D eigenvalue weighted by Gasteiger charge is -2.22. The van der Waals surface area contributed by atoms with Crippen molar-refractivity contribution in [1.82, 2.24) is 10.2 Å². The highest BCUT2D eigenvalue weighted by Crippen LogP contribution is 2.01. The fourth-order valence-electron chi connectivity index (χ4n) is 1.38. The molecule has 0 rings (SSSR count). The van der Waals surface area contributed by atoms with Crippen LogP contribution in [0.5, 0.6) is 0 Å². The monoisotopic (exact) mass is 200 g/mol. The van der Waals surface area contributed by atoms with Crippen LogP contribution in [0, 0.1) is 5.92 Å². The first-order valence-electron chi connectivity index (χ1n) is 6.02. The smallest absolute Gasteiger partial charge is 0.0107 e. The van der Waals surface area contributed by atoms with Gasteiger partial charge in [-0.15, -0.1) is 0 Å². The molecule has 2 nitrogen and oxygen atoms in total. The fraction of sp³-hybridized carbons (Fsp3) is 1.00. The number of hydrogen-bond acceptors (Lipinski definition) is 2. The molecular weight excluding hydrogens is 172 g/mol. The molecule has 0 aromatic heterocycles. The molecule has 0 fully saturated rings. The van der Waals surface area contributed by atoms with Crippen LogP contribution in [0.3, 0.4) is 0 Å². The van der Waals surface area contributed by atoms with Gasteiger partial charge in [-0.1, -0.05) is 34.6 Å². The summed E-state index contributed by atoms with van der Waals surface area (Å²) in [7, 11) is 0. The molecule has 0 amide bonds. The zero-order valence-corrected chi connectivity index (χ0v) is 10.6. The molecule has 0 saturated carbocycles. The second-order valence-electron chi connectivity index (χ2n) is 4.73. The molecular formula is C12H28N2. The lowest BCUT2D eigenvalue weighted by Crippen LogP contribution is -2.35. The van der Waals surface area contributed by atoms with Crippen molar-refractivity contribution < 1.29 is 0 Å². The summed E-state index contributed by atoms with van der Waals surface area (Å²) in [5, 5.41) is 3.46. The second-order valence-corrected chi connectivity index (χ2v) is 4.73. The minimum Gasteiger partial charge on any atom is -0.313 e. The summed E-state index contributed by atoms with van der Waals surface area (Å²) in [6.45, 7) is 15.9. The van der Waals surface area contributed by atoms with Crippen LogP contribution in [0.15, 0.2) is 0 Å². The molecule has 0 saturated heterocycles. The van der Waals surface area contributed by atoms with E-state index < -0.39 is 0 Å². The predicted molar refractivity (Wildman–Crippen MR) is 64.7 cm³/mol. The Morgan fingerprint density at radius 1 is 1.07 bits per heavy atom. The molecule has 1 N–H and O–H groups in total. The molecule has 0 spiro atoms. The van der Waals surface area contributed by atoms with Gasteiger partial charge < -0.3 is 10.2 Å². The zero-order valence-electron chi connectivity index (χ0n) is 10.6. The first-order valence-corrected chi connectivity index (χ1v) is 6.02. The third kappa shape index (κ3) is 8.52. The Hall–Kier alpha value is -0.0800. The lowest BCUT2D eigenvalue weighted by atomic mass is 10.1. The maximum atomic E-state index is 3.46. The van der Waals surface area contributed by atoms with Crippen LogP contribution in [0.2, 0.25) is 0 Å². The van der Waals surface area contributed by atoms with Crippen molar-refractivity contribution in [3.63, 3.8) is 0 Å². The molecule has 0 atom stereocenters. The standard InChI is InChI=1S/C12H28N2/c1-6-14(9-7-11(2)3)10-8-13-12(4)5/h11-13H,6-10H2,1-5H3. The quantitative estimate of drug-likeness (QED) is 0.647. The van der Waals surface area contributed by atoms with Gasteiger partial charge in [-0.25, -0.2) is 0 Å². The van der Waals surface area contributed by atoms with Gasteiger partial charge in [0.05, 0.1) is 0 Å². The molecule has 0 heterocycles. The summed E-state index contributed by atoms with van der Waals surface area (Å²) in [5.74, 6) is 0.821. The molecule has 0 radical (unpaired) electrons. The predicted octanol–water partition coefficient (Wildman–Crippen LogP) is 2.35. The SMILES string of the molecule is CCN(CCNC(C)C)CCC(C)C. The van der Waals surface area contributed by atoms with Crippen molar-refractivity contribution in [1.29, 1.82) is 0 Å². The van der Waals surface area contributed by atoms with E-state index in [-0.39, 0.29) is 0 Å². The van der Waals surface area contributed by atoms with E-state index in [1.807, 2.05) is 0 Å². The molecule has 0 aromatic rings. The fourth-order valence-corrected chi connectivity index (χ4v) is 1.38. The maximum Gasteiger partial charge on any atom is 0.0107 e. The van der Waals surface area contributed by atoms with Crippen LogP contribution >= 0.6 is 0 Å². The number of nitrogens with one attached hydrogen (secondary N) is 1. The van der Waals surface area contributed by atoms with Gasteiger partial charge in [0.2, 0.25) is 0 Å². The topological polar surface area (TPSA) is 15.3 Å². The number of nitrogens with zero attached hydrogens (tertiary/aromatic N) is 1. The Morgan fingerprint density at radius 3 is 2.14 bits per heavy atom. The first-order chi connectivity index (χ1) is 6.56. The molecule has 0 unspecified atom stereocenters. The van der Waals surface area contributed by atoms with E-state index in [1.54, 1.807) is 0 Å². The van der Waals surface area contributed by atoms with Crippen molar-refractivity contribution in [3.05, 3.63) is 0 Å². The molecule has 0 aromatic carbocycles. The summed E-state index contributed by atoms with van der Waals surface area (Å²) in [5.41, 5.74) is 0. The zero-order chi connectivity index (χ0) is 11.0. The first kappa shape index (κ1) is 13.9. The van der Waals surface area contributed by atoms with Gasteiger partial charge in [0.25, 0.3) is 0 Å². The molecule has 0 aliphatic heterocycles. The Morgan fingerprint density at radius 2 is 1.71 bits per heavy atom. The number of hydrogen-bond donors (Lipinski definition) is 1. The average Bonchev–Trinajstić information content (AvgIpc) is 2.10. The Labute approximate surface area is 90.1 Å². The van der Waals surface area contributed by atoms with E-state index in [2.05, 4.69) is 44.8 Å². The van der Waals surface area contributed by atoms with E-state index in [4.69, 9.17) is 0 Å². The van der Waals surface area contributed by atoms with Crippen LogP contribution < -0.4 is 5.32 Å². The minimum atomic E-state index is 0.610. The molecule has 2 heteroatoms. The highest BCUT2D eigenvalue weighted by molar-refractivity contribution is 4.61. The molecule has 14 heavy (non-hydrogen) atoms. The third-order valence-corrected chi connectivity index (χ3v) is 2.45. The van der Waals surface area contributed by atoms with E-state index in [0.29, 0.717) is 6.04 Å². The minimum absolute atomic E-state index is 0.610. The molecule has 0 aliphatic carbocycles. The second kappa shape index (κ2) is 8.25. The van der Waals surface area contributed by atoms with Crippen molar-refractivity contribution in [2.24, 2.45) is 5.92 Å². The van der Waals surface area contributed by atoms with E-state index in [0.717, 1.165) is 12.5 Å². The summed E-state index contributed by atoms with van der Waals surface area (Å²) in [4.78, 5) is 2.52. The lowest BCUT2D eigenvalue weighted by molar-refractivity contribution is 0.267. The summed E-state index contributed by atoms with van der Waals surface area (Å²) >= 11 is 0. The third-order valence-electron chi connectivity index (χ3n) is 2.45. The van der Waals surface area contributed by atoms with Gasteiger partial charge in [-0.3, -0.25) is 0 Å². The Kier molecular flexibility index (Phi) is 8.20. The number of likely N-dealkylation sites (N-methyl/N-ethyl adjacent to an activating group) is 1. The highest BCUT2D eigenvalue weighted by Gasteiger charge is 2.03. The summed E-state index contributed by atoms with van der Waals surface area (Å²) < 4.78 is 0. The van der Waals surface area contributed by atoms with Crippen LogP contribution in [0.4, 0.5) is 0 Å². The Balaban J connectivity index is 3.48. The van der Waals surface area contributed by atoms with Crippen molar-refractivity contribution >= 4 is 0 Å². The number of rotatable bonds is 8. The highest BCUT2D eigenvalue weighted by atomic mass is 15.1. The van der Waals surface area contributed by atoms with Gasteiger partial charge in [-0.05, 0) is 25.4 Å².